The maximum Gasteiger partial charge on any atom is 0.236 e. The molecule has 6 heteroatoms. The molecule has 2 unspecified atom stereocenters. The number of hydrogen-bond acceptors (Lipinski definition) is 4. The molecule has 0 aromatic carbocycles. The summed E-state index contributed by atoms with van der Waals surface area (Å²) in [7, 11) is -2.86. The lowest BCUT2D eigenvalue weighted by atomic mass is 10.1. The SMILES string of the molecule is CCCC(N)C(=O)NCC1CCS(=O)(=O)C1. The average molecular weight is 248 g/mol. The molecule has 0 aliphatic carbocycles. The summed E-state index contributed by atoms with van der Waals surface area (Å²) in [4.78, 5) is 11.5. The Hall–Kier alpha value is -0.620. The molecule has 1 saturated heterocycles. The second kappa shape index (κ2) is 5.63. The molecule has 0 radical (unpaired) electrons. The Labute approximate surface area is 96.7 Å². The summed E-state index contributed by atoms with van der Waals surface area (Å²) < 4.78 is 22.4. The number of hydrogen-bond donors (Lipinski definition) is 2. The van der Waals surface area contributed by atoms with Crippen LogP contribution in [-0.2, 0) is 14.6 Å². The van der Waals surface area contributed by atoms with Crippen molar-refractivity contribution < 1.29 is 13.2 Å². The number of rotatable bonds is 5. The third kappa shape index (κ3) is 4.09. The molecule has 0 aromatic heterocycles. The first-order chi connectivity index (χ1) is 7.44. The van der Waals surface area contributed by atoms with E-state index in [1.54, 1.807) is 0 Å². The van der Waals surface area contributed by atoms with E-state index >= 15 is 0 Å². The van der Waals surface area contributed by atoms with Crippen LogP contribution in [0, 0.1) is 5.92 Å². The summed E-state index contributed by atoms with van der Waals surface area (Å²) in [6.45, 7) is 2.40. The van der Waals surface area contributed by atoms with Crippen LogP contribution in [0.25, 0.3) is 0 Å². The smallest absolute Gasteiger partial charge is 0.236 e. The van der Waals surface area contributed by atoms with E-state index in [-0.39, 0.29) is 23.3 Å². The van der Waals surface area contributed by atoms with Gasteiger partial charge in [0.1, 0.15) is 0 Å². The van der Waals surface area contributed by atoms with E-state index in [2.05, 4.69) is 5.32 Å². The predicted octanol–water partition coefficient (Wildman–Crippen LogP) is -0.335. The summed E-state index contributed by atoms with van der Waals surface area (Å²) in [5, 5.41) is 2.72. The third-order valence-electron chi connectivity index (χ3n) is 2.83. The average Bonchev–Trinajstić information content (AvgIpc) is 2.55. The van der Waals surface area contributed by atoms with Gasteiger partial charge in [-0.2, -0.15) is 0 Å². The molecular formula is C10H20N2O3S. The summed E-state index contributed by atoms with van der Waals surface area (Å²) >= 11 is 0. The van der Waals surface area contributed by atoms with Crippen molar-refractivity contribution in [1.82, 2.24) is 5.32 Å². The van der Waals surface area contributed by atoms with Crippen molar-refractivity contribution >= 4 is 15.7 Å². The van der Waals surface area contributed by atoms with Crippen molar-refractivity contribution in [2.45, 2.75) is 32.2 Å². The normalized spacial score (nSPS) is 25.2. The van der Waals surface area contributed by atoms with Crippen molar-refractivity contribution in [3.8, 4) is 0 Å². The Kier molecular flexibility index (Phi) is 4.73. The quantitative estimate of drug-likeness (QED) is 0.697. The highest BCUT2D eigenvalue weighted by Crippen LogP contribution is 2.17. The maximum absolute atomic E-state index is 11.5. The number of sulfone groups is 1. The summed E-state index contributed by atoms with van der Waals surface area (Å²) in [5.41, 5.74) is 5.64. The zero-order valence-electron chi connectivity index (χ0n) is 9.61. The van der Waals surface area contributed by atoms with E-state index in [1.165, 1.54) is 0 Å². The lowest BCUT2D eigenvalue weighted by Crippen LogP contribution is -2.42. The Morgan fingerprint density at radius 3 is 2.75 bits per heavy atom. The van der Waals surface area contributed by atoms with Gasteiger partial charge < -0.3 is 11.1 Å². The summed E-state index contributed by atoms with van der Waals surface area (Å²) in [5.74, 6) is 0.319. The molecule has 2 atom stereocenters. The van der Waals surface area contributed by atoms with Gasteiger partial charge in [-0.05, 0) is 18.8 Å². The summed E-state index contributed by atoms with van der Waals surface area (Å²) in [6.07, 6.45) is 2.17. The molecule has 94 valence electrons. The van der Waals surface area contributed by atoms with Crippen molar-refractivity contribution in [2.75, 3.05) is 18.1 Å². The molecule has 0 bridgehead atoms. The fourth-order valence-corrected chi connectivity index (χ4v) is 3.71. The van der Waals surface area contributed by atoms with Crippen LogP contribution < -0.4 is 11.1 Å². The number of carbonyl (C=O) groups is 1. The van der Waals surface area contributed by atoms with E-state index in [0.717, 1.165) is 6.42 Å². The zero-order chi connectivity index (χ0) is 12.2. The third-order valence-corrected chi connectivity index (χ3v) is 4.67. The van der Waals surface area contributed by atoms with Crippen LogP contribution in [0.5, 0.6) is 0 Å². The van der Waals surface area contributed by atoms with Gasteiger partial charge in [0, 0.05) is 6.54 Å². The summed E-state index contributed by atoms with van der Waals surface area (Å²) in [6, 6.07) is -0.469. The van der Waals surface area contributed by atoms with Crippen molar-refractivity contribution in [2.24, 2.45) is 11.7 Å². The van der Waals surface area contributed by atoms with E-state index in [0.29, 0.717) is 19.4 Å². The lowest BCUT2D eigenvalue weighted by molar-refractivity contribution is -0.122. The minimum atomic E-state index is -2.86. The molecule has 1 fully saturated rings. The Balaban J connectivity index is 2.28. The van der Waals surface area contributed by atoms with Gasteiger partial charge in [-0.1, -0.05) is 13.3 Å². The van der Waals surface area contributed by atoms with E-state index in [4.69, 9.17) is 5.73 Å². The van der Waals surface area contributed by atoms with Gasteiger partial charge in [-0.15, -0.1) is 0 Å². The highest BCUT2D eigenvalue weighted by atomic mass is 32.2. The molecule has 16 heavy (non-hydrogen) atoms. The van der Waals surface area contributed by atoms with E-state index in [9.17, 15) is 13.2 Å². The van der Waals surface area contributed by atoms with Crippen molar-refractivity contribution in [1.29, 1.82) is 0 Å². The van der Waals surface area contributed by atoms with Gasteiger partial charge in [-0.3, -0.25) is 4.79 Å². The van der Waals surface area contributed by atoms with Gasteiger partial charge in [0.2, 0.25) is 5.91 Å². The minimum Gasteiger partial charge on any atom is -0.354 e. The van der Waals surface area contributed by atoms with E-state index in [1.807, 2.05) is 6.92 Å². The molecular weight excluding hydrogens is 228 g/mol. The Morgan fingerprint density at radius 2 is 2.25 bits per heavy atom. The number of nitrogens with one attached hydrogen (secondary N) is 1. The largest absolute Gasteiger partial charge is 0.354 e. The molecule has 1 rings (SSSR count). The van der Waals surface area contributed by atoms with Crippen LogP contribution in [0.4, 0.5) is 0 Å². The molecule has 1 amide bonds. The molecule has 1 aliphatic rings. The molecule has 0 saturated carbocycles. The zero-order valence-corrected chi connectivity index (χ0v) is 10.4. The van der Waals surface area contributed by atoms with Gasteiger partial charge in [-0.25, -0.2) is 8.42 Å². The first-order valence-electron chi connectivity index (χ1n) is 5.68. The van der Waals surface area contributed by atoms with Crippen LogP contribution in [-0.4, -0.2) is 38.4 Å². The van der Waals surface area contributed by atoms with Gasteiger partial charge in [0.15, 0.2) is 9.84 Å². The fourth-order valence-electron chi connectivity index (χ4n) is 1.85. The van der Waals surface area contributed by atoms with Crippen LogP contribution in [0.3, 0.4) is 0 Å². The Bertz CT molecular complexity index is 340. The number of carbonyl (C=O) groups excluding carboxylic acids is 1. The van der Waals surface area contributed by atoms with E-state index < -0.39 is 15.9 Å². The van der Waals surface area contributed by atoms with Crippen LogP contribution in [0.2, 0.25) is 0 Å². The topological polar surface area (TPSA) is 89.3 Å². The maximum atomic E-state index is 11.5. The molecule has 1 heterocycles. The molecule has 0 aromatic rings. The Morgan fingerprint density at radius 1 is 1.56 bits per heavy atom. The van der Waals surface area contributed by atoms with Crippen molar-refractivity contribution in [3.05, 3.63) is 0 Å². The van der Waals surface area contributed by atoms with Crippen molar-refractivity contribution in [3.63, 3.8) is 0 Å². The van der Waals surface area contributed by atoms with Crippen LogP contribution in [0.1, 0.15) is 26.2 Å². The van der Waals surface area contributed by atoms with Crippen LogP contribution in [0.15, 0.2) is 0 Å². The fraction of sp³-hybridized carbons (Fsp3) is 0.900. The molecule has 0 spiro atoms. The molecule has 5 nitrogen and oxygen atoms in total. The molecule has 3 N–H and O–H groups in total. The van der Waals surface area contributed by atoms with Gasteiger partial charge in [0.25, 0.3) is 0 Å². The first kappa shape index (κ1) is 13.4. The minimum absolute atomic E-state index is 0.0581. The highest BCUT2D eigenvalue weighted by molar-refractivity contribution is 7.91. The van der Waals surface area contributed by atoms with Gasteiger partial charge >= 0.3 is 0 Å². The second-order valence-electron chi connectivity index (χ2n) is 4.41. The lowest BCUT2D eigenvalue weighted by Gasteiger charge is -2.13. The molecule has 1 aliphatic heterocycles. The second-order valence-corrected chi connectivity index (χ2v) is 6.64. The van der Waals surface area contributed by atoms with Gasteiger partial charge in [0.05, 0.1) is 17.5 Å². The predicted molar refractivity (Wildman–Crippen MR) is 62.7 cm³/mol. The highest BCUT2D eigenvalue weighted by Gasteiger charge is 2.28. The standard InChI is InChI=1S/C10H20N2O3S/c1-2-3-9(11)10(13)12-6-8-4-5-16(14,15)7-8/h8-9H,2-7,11H2,1H3,(H,12,13). The number of amides is 1. The number of nitrogens with two attached hydrogens (primary N) is 1. The first-order valence-corrected chi connectivity index (χ1v) is 7.50. The monoisotopic (exact) mass is 248 g/mol. The van der Waals surface area contributed by atoms with Crippen LogP contribution >= 0.6 is 0 Å².